The van der Waals surface area contributed by atoms with Crippen molar-refractivity contribution in [3.63, 3.8) is 0 Å². The molecule has 0 spiro atoms. The molecule has 4 aliphatic heterocycles. The minimum atomic E-state index is -1.05. The van der Waals surface area contributed by atoms with Gasteiger partial charge in [0.15, 0.2) is 0 Å². The van der Waals surface area contributed by atoms with Crippen LogP contribution in [0.3, 0.4) is 0 Å². The molecule has 64 heavy (non-hydrogen) atoms. The number of hydrogen-bond acceptors (Lipinski definition) is 11. The van der Waals surface area contributed by atoms with E-state index in [1.807, 2.05) is 19.9 Å². The van der Waals surface area contributed by atoms with Gasteiger partial charge in [0.1, 0.15) is 18.1 Å². The summed E-state index contributed by atoms with van der Waals surface area (Å²) in [5, 5.41) is 5.57. The van der Waals surface area contributed by atoms with Crippen LogP contribution in [-0.2, 0) is 57.8 Å². The van der Waals surface area contributed by atoms with Crippen molar-refractivity contribution in [3.05, 3.63) is 60.4 Å². The third kappa shape index (κ3) is 9.83. The van der Waals surface area contributed by atoms with Gasteiger partial charge in [0, 0.05) is 93.6 Å². The van der Waals surface area contributed by atoms with E-state index in [1.54, 1.807) is 25.3 Å². The maximum Gasteiger partial charge on any atom is 0.324 e. The number of amides is 4. The third-order valence-corrected chi connectivity index (χ3v) is 13.2. The molecule has 16 heteroatoms. The van der Waals surface area contributed by atoms with Gasteiger partial charge < -0.3 is 38.8 Å². The molecule has 2 N–H and O–H groups in total. The van der Waals surface area contributed by atoms with Crippen molar-refractivity contribution < 1.29 is 38.2 Å². The molecule has 6 heterocycles. The van der Waals surface area contributed by atoms with Gasteiger partial charge in [0.25, 0.3) is 5.91 Å². The standard InChI is InChI=1S/C48H66N8O8/c1-9-41(57)54-20-17-31(26-54)45(59)52(7)42(30(3)4)44(58)50-38-24-33-27-53(21-22-63-33)32-15-16-40-35(23-32)36(43(55(40)10-2)34-13-11-18-49-39(34)28-62-8)25-48(5,6)29-64-47(61)37-14-12-19-56(51-37)46(38)60/h9,11,13,15-16,18,23,30-31,33,37-38,42,51H,1,10,12,14,17,19-22,24-29H2,2-8H3,(H,50,58)/t31-,33-,37-,38-,42-/m0/s1. The lowest BCUT2D eigenvalue weighted by molar-refractivity contribution is -0.156. The van der Waals surface area contributed by atoms with Gasteiger partial charge in [0.05, 0.1) is 43.2 Å². The second-order valence-electron chi connectivity index (χ2n) is 18.8. The van der Waals surface area contributed by atoms with E-state index in [0.717, 1.165) is 39.1 Å². The normalized spacial score (nSPS) is 23.4. The van der Waals surface area contributed by atoms with Crippen LogP contribution >= 0.6 is 0 Å². The van der Waals surface area contributed by atoms with Gasteiger partial charge in [-0.1, -0.05) is 34.3 Å². The van der Waals surface area contributed by atoms with Gasteiger partial charge >= 0.3 is 5.97 Å². The average Bonchev–Trinajstić information content (AvgIpc) is 3.90. The number of aryl methyl sites for hydroxylation is 1. The molecule has 6 bridgehead atoms. The van der Waals surface area contributed by atoms with Crippen LogP contribution < -0.4 is 15.6 Å². The van der Waals surface area contributed by atoms with Crippen molar-refractivity contribution in [2.24, 2.45) is 17.3 Å². The van der Waals surface area contributed by atoms with E-state index in [2.05, 4.69) is 71.8 Å². The number of rotatable bonds is 10. The van der Waals surface area contributed by atoms with Gasteiger partial charge in [-0.25, -0.2) is 5.43 Å². The number of benzene rings is 1. The molecule has 2 aromatic heterocycles. The Morgan fingerprint density at radius 2 is 1.92 bits per heavy atom. The smallest absolute Gasteiger partial charge is 0.324 e. The van der Waals surface area contributed by atoms with E-state index in [4.69, 9.17) is 19.2 Å². The highest BCUT2D eigenvalue weighted by Crippen LogP contribution is 2.41. The quantitative estimate of drug-likeness (QED) is 0.223. The lowest BCUT2D eigenvalue weighted by Gasteiger charge is -2.39. The Morgan fingerprint density at radius 1 is 1.12 bits per heavy atom. The summed E-state index contributed by atoms with van der Waals surface area (Å²) in [7, 11) is 3.28. The molecule has 5 atom stereocenters. The predicted octanol–water partition coefficient (Wildman–Crippen LogP) is 4.09. The minimum absolute atomic E-state index is 0.143. The number of aromatic nitrogens is 2. The molecule has 0 saturated carbocycles. The summed E-state index contributed by atoms with van der Waals surface area (Å²) in [6.45, 7) is 17.4. The molecule has 3 fully saturated rings. The Labute approximate surface area is 376 Å². The predicted molar refractivity (Wildman–Crippen MR) is 243 cm³/mol. The molecule has 4 amide bonds. The number of methoxy groups -OCH3 is 1. The number of hydrogen-bond donors (Lipinski definition) is 2. The van der Waals surface area contributed by atoms with E-state index < -0.39 is 53.3 Å². The first-order chi connectivity index (χ1) is 30.6. The zero-order valence-electron chi connectivity index (χ0n) is 38.6. The molecule has 4 aliphatic rings. The fraction of sp³-hybridized carbons (Fsp3) is 0.583. The van der Waals surface area contributed by atoms with Gasteiger partial charge in [0.2, 0.25) is 17.7 Å². The molecule has 16 nitrogen and oxygen atoms in total. The molecule has 0 unspecified atom stereocenters. The Bertz CT molecular complexity index is 2240. The summed E-state index contributed by atoms with van der Waals surface area (Å²) in [4.78, 5) is 79.2. The first-order valence-corrected chi connectivity index (χ1v) is 22.8. The van der Waals surface area contributed by atoms with Crippen LogP contribution in [0.25, 0.3) is 22.2 Å². The van der Waals surface area contributed by atoms with Crippen molar-refractivity contribution in [1.82, 2.24) is 35.1 Å². The summed E-state index contributed by atoms with van der Waals surface area (Å²) in [5.41, 5.74) is 8.76. The molecule has 1 aromatic carbocycles. The number of carbonyl (C=O) groups is 5. The number of nitrogens with zero attached hydrogens (tertiary/aromatic N) is 6. The van der Waals surface area contributed by atoms with Crippen LogP contribution in [0.2, 0.25) is 0 Å². The molecule has 0 radical (unpaired) electrons. The van der Waals surface area contributed by atoms with Crippen molar-refractivity contribution in [1.29, 1.82) is 0 Å². The summed E-state index contributed by atoms with van der Waals surface area (Å²) < 4.78 is 20.4. The number of morpholine rings is 1. The van der Waals surface area contributed by atoms with Crippen molar-refractivity contribution >= 4 is 46.2 Å². The second kappa shape index (κ2) is 19.8. The highest BCUT2D eigenvalue weighted by atomic mass is 16.5. The zero-order chi connectivity index (χ0) is 45.9. The molecule has 0 aliphatic carbocycles. The number of pyridine rings is 1. The fourth-order valence-corrected chi connectivity index (χ4v) is 10.0. The van der Waals surface area contributed by atoms with Crippen LogP contribution in [0.4, 0.5) is 5.69 Å². The van der Waals surface area contributed by atoms with E-state index >= 15 is 0 Å². The van der Waals surface area contributed by atoms with E-state index in [0.29, 0.717) is 71.6 Å². The van der Waals surface area contributed by atoms with E-state index in [-0.39, 0.29) is 37.3 Å². The number of ether oxygens (including phenoxy) is 3. The number of carbonyl (C=O) groups excluding carboxylic acids is 5. The Kier molecular flexibility index (Phi) is 14.5. The maximum absolute atomic E-state index is 14.7. The van der Waals surface area contributed by atoms with Crippen molar-refractivity contribution in [2.45, 2.75) is 104 Å². The number of esters is 1. The fourth-order valence-electron chi connectivity index (χ4n) is 10.0. The van der Waals surface area contributed by atoms with Gasteiger partial charge in [-0.15, -0.1) is 0 Å². The molecule has 346 valence electrons. The second-order valence-corrected chi connectivity index (χ2v) is 18.8. The Morgan fingerprint density at radius 3 is 2.66 bits per heavy atom. The molecular formula is C48H66N8O8. The lowest BCUT2D eigenvalue weighted by atomic mass is 9.84. The summed E-state index contributed by atoms with van der Waals surface area (Å²) in [5.74, 6) is -2.57. The number of likely N-dealkylation sites (N-methyl/N-ethyl adjacent to an activating group) is 1. The largest absolute Gasteiger partial charge is 0.464 e. The van der Waals surface area contributed by atoms with Crippen LogP contribution in [0.1, 0.15) is 71.6 Å². The number of anilines is 1. The van der Waals surface area contributed by atoms with Crippen molar-refractivity contribution in [2.75, 3.05) is 65.0 Å². The topological polar surface area (TPSA) is 168 Å². The number of nitrogens with one attached hydrogen (secondary N) is 2. The highest BCUT2D eigenvalue weighted by molar-refractivity contribution is 5.95. The van der Waals surface area contributed by atoms with E-state index in [9.17, 15) is 24.0 Å². The summed E-state index contributed by atoms with van der Waals surface area (Å²) in [6, 6.07) is 7.86. The lowest BCUT2D eigenvalue weighted by Crippen LogP contribution is -2.62. The van der Waals surface area contributed by atoms with Crippen LogP contribution in [0.15, 0.2) is 49.2 Å². The third-order valence-electron chi connectivity index (χ3n) is 13.2. The monoisotopic (exact) mass is 883 g/mol. The highest BCUT2D eigenvalue weighted by Gasteiger charge is 2.41. The number of hydrazine groups is 1. The SMILES string of the molecule is C=CC(=O)N1CC[C@H](C(=O)N(C)[C@H](C(=O)N[C@H]2C[C@H]3CN(CCO3)c3ccc4c(c3)c(c(-c3cccnc3COC)n4CC)CC(C)(C)COC(=O)[C@@H]3CCCN(N3)C2=O)C(C)C)C1. The Hall–Kier alpha value is -5.32. The van der Waals surface area contributed by atoms with Crippen LogP contribution in [0, 0.1) is 17.3 Å². The number of likely N-dealkylation sites (tertiary alicyclic amines) is 1. The molecular weight excluding hydrogens is 817 g/mol. The molecule has 7 rings (SSSR count). The average molecular weight is 883 g/mol. The first-order valence-electron chi connectivity index (χ1n) is 22.8. The minimum Gasteiger partial charge on any atom is -0.464 e. The number of cyclic esters (lactones) is 1. The first kappa shape index (κ1) is 46.7. The van der Waals surface area contributed by atoms with Crippen LogP contribution in [-0.4, -0.2) is 138 Å². The van der Waals surface area contributed by atoms with Gasteiger partial charge in [-0.3, -0.25) is 34.0 Å². The van der Waals surface area contributed by atoms with Gasteiger partial charge in [-0.05, 0) is 80.5 Å². The van der Waals surface area contributed by atoms with Gasteiger partial charge in [-0.2, -0.15) is 0 Å². The van der Waals surface area contributed by atoms with E-state index in [1.165, 1.54) is 16.0 Å². The number of fused-ring (bicyclic) bond motifs is 6. The molecule has 3 saturated heterocycles. The zero-order valence-corrected chi connectivity index (χ0v) is 38.6. The summed E-state index contributed by atoms with van der Waals surface area (Å²) >= 11 is 0. The van der Waals surface area contributed by atoms with Crippen LogP contribution in [0.5, 0.6) is 0 Å². The molecule has 3 aromatic rings. The Balaban J connectivity index is 1.24. The summed E-state index contributed by atoms with van der Waals surface area (Å²) in [6.07, 6.45) is 4.83. The maximum atomic E-state index is 14.7. The van der Waals surface area contributed by atoms with Crippen molar-refractivity contribution in [3.8, 4) is 11.3 Å².